The number of hydrogen-bond donors (Lipinski definition) is 1. The maximum Gasteiger partial charge on any atom is 0.224 e. The first-order chi connectivity index (χ1) is 11.1. The standard InChI is InChI=1S/C18H15BrN2O2/c19-15-9-7-14(8-10-15)17(22)5-2-6-18(23)21-16-4-1-3-13(11-16)12-20/h1,3-4,7-11H,2,5-6H2,(H,21,23). The van der Waals surface area contributed by atoms with E-state index >= 15 is 0 Å². The van der Waals surface area contributed by atoms with E-state index in [0.29, 0.717) is 29.7 Å². The Morgan fingerprint density at radius 3 is 2.52 bits per heavy atom. The van der Waals surface area contributed by atoms with E-state index in [-0.39, 0.29) is 18.1 Å². The van der Waals surface area contributed by atoms with Gasteiger partial charge in [0.15, 0.2) is 5.78 Å². The van der Waals surface area contributed by atoms with Gasteiger partial charge in [0.05, 0.1) is 11.6 Å². The molecule has 0 aliphatic carbocycles. The van der Waals surface area contributed by atoms with Crippen molar-refractivity contribution in [3.8, 4) is 6.07 Å². The lowest BCUT2D eigenvalue weighted by atomic mass is 10.1. The van der Waals surface area contributed by atoms with E-state index in [1.54, 1.807) is 36.4 Å². The van der Waals surface area contributed by atoms with E-state index in [4.69, 9.17) is 5.26 Å². The van der Waals surface area contributed by atoms with Crippen LogP contribution in [0.25, 0.3) is 0 Å². The fourth-order valence-electron chi connectivity index (χ4n) is 2.08. The first kappa shape index (κ1) is 16.9. The zero-order chi connectivity index (χ0) is 16.7. The van der Waals surface area contributed by atoms with Crippen LogP contribution in [0.3, 0.4) is 0 Å². The molecule has 4 nitrogen and oxygen atoms in total. The molecule has 0 atom stereocenters. The molecule has 0 fully saturated rings. The van der Waals surface area contributed by atoms with Crippen LogP contribution in [0.15, 0.2) is 53.0 Å². The summed E-state index contributed by atoms with van der Waals surface area (Å²) in [5.74, 6) is -0.138. The van der Waals surface area contributed by atoms with Crippen molar-refractivity contribution >= 4 is 33.3 Å². The minimum Gasteiger partial charge on any atom is -0.326 e. The number of nitriles is 1. The molecule has 0 unspecified atom stereocenters. The number of halogens is 1. The van der Waals surface area contributed by atoms with E-state index in [1.165, 1.54) is 0 Å². The Morgan fingerprint density at radius 1 is 1.09 bits per heavy atom. The van der Waals surface area contributed by atoms with Crippen molar-refractivity contribution in [1.82, 2.24) is 0 Å². The van der Waals surface area contributed by atoms with Gasteiger partial charge in [-0.15, -0.1) is 0 Å². The summed E-state index contributed by atoms with van der Waals surface area (Å²) in [4.78, 5) is 23.9. The molecule has 0 saturated carbocycles. The second-order valence-corrected chi connectivity index (χ2v) is 5.94. The van der Waals surface area contributed by atoms with Crippen molar-refractivity contribution < 1.29 is 9.59 Å². The number of amides is 1. The monoisotopic (exact) mass is 370 g/mol. The lowest BCUT2D eigenvalue weighted by Gasteiger charge is -2.05. The Morgan fingerprint density at radius 2 is 1.83 bits per heavy atom. The molecule has 1 amide bonds. The van der Waals surface area contributed by atoms with Gasteiger partial charge in [-0.2, -0.15) is 5.26 Å². The van der Waals surface area contributed by atoms with Crippen LogP contribution in [0, 0.1) is 11.3 Å². The quantitative estimate of drug-likeness (QED) is 0.770. The molecule has 0 heterocycles. The Hall–Kier alpha value is -2.45. The van der Waals surface area contributed by atoms with Gasteiger partial charge in [0.2, 0.25) is 5.91 Å². The molecule has 0 spiro atoms. The SMILES string of the molecule is N#Cc1cccc(NC(=O)CCCC(=O)c2ccc(Br)cc2)c1. The number of anilines is 1. The Kier molecular flexibility index (Phi) is 6.07. The van der Waals surface area contributed by atoms with Crippen molar-refractivity contribution in [2.24, 2.45) is 0 Å². The minimum absolute atomic E-state index is 0.0248. The van der Waals surface area contributed by atoms with Gasteiger partial charge in [-0.3, -0.25) is 9.59 Å². The summed E-state index contributed by atoms with van der Waals surface area (Å²) in [5.41, 5.74) is 1.73. The highest BCUT2D eigenvalue weighted by molar-refractivity contribution is 9.10. The molecule has 23 heavy (non-hydrogen) atoms. The van der Waals surface area contributed by atoms with Gasteiger partial charge >= 0.3 is 0 Å². The van der Waals surface area contributed by atoms with E-state index in [0.717, 1.165) is 4.47 Å². The molecule has 116 valence electrons. The van der Waals surface area contributed by atoms with Crippen LogP contribution < -0.4 is 5.32 Å². The molecule has 0 aromatic heterocycles. The van der Waals surface area contributed by atoms with Crippen LogP contribution in [0.5, 0.6) is 0 Å². The van der Waals surface area contributed by atoms with Gasteiger partial charge in [0.25, 0.3) is 0 Å². The molecule has 2 aromatic rings. The lowest BCUT2D eigenvalue weighted by Crippen LogP contribution is -2.12. The van der Waals surface area contributed by atoms with Crippen LogP contribution in [-0.2, 0) is 4.79 Å². The largest absolute Gasteiger partial charge is 0.326 e. The number of nitrogens with one attached hydrogen (secondary N) is 1. The van der Waals surface area contributed by atoms with Crippen LogP contribution in [-0.4, -0.2) is 11.7 Å². The average Bonchev–Trinajstić information content (AvgIpc) is 2.55. The molecular weight excluding hydrogens is 356 g/mol. The zero-order valence-corrected chi connectivity index (χ0v) is 14.0. The number of hydrogen-bond acceptors (Lipinski definition) is 3. The van der Waals surface area contributed by atoms with Gasteiger partial charge in [0, 0.05) is 28.6 Å². The summed E-state index contributed by atoms with van der Waals surface area (Å²) in [7, 11) is 0. The molecule has 5 heteroatoms. The third-order valence-corrected chi connectivity index (χ3v) is 3.78. The van der Waals surface area contributed by atoms with Gasteiger partial charge in [-0.05, 0) is 36.8 Å². The number of rotatable bonds is 6. The van der Waals surface area contributed by atoms with Crippen molar-refractivity contribution in [3.63, 3.8) is 0 Å². The summed E-state index contributed by atoms with van der Waals surface area (Å²) in [6.07, 6.45) is 1.07. The number of Topliss-reactive ketones (excluding diaryl/α,β-unsaturated/α-hetero) is 1. The van der Waals surface area contributed by atoms with Crippen LogP contribution in [0.4, 0.5) is 5.69 Å². The van der Waals surface area contributed by atoms with E-state index < -0.39 is 0 Å². The summed E-state index contributed by atoms with van der Waals surface area (Å²) < 4.78 is 0.924. The van der Waals surface area contributed by atoms with Gasteiger partial charge in [0.1, 0.15) is 0 Å². The van der Waals surface area contributed by atoms with Gasteiger partial charge in [-0.25, -0.2) is 0 Å². The first-order valence-corrected chi connectivity index (χ1v) is 7.96. The summed E-state index contributed by atoms with van der Waals surface area (Å²) in [6, 6.07) is 15.9. The molecule has 0 radical (unpaired) electrons. The number of nitrogens with zero attached hydrogens (tertiary/aromatic N) is 1. The van der Waals surface area contributed by atoms with Crippen molar-refractivity contribution in [2.75, 3.05) is 5.32 Å². The van der Waals surface area contributed by atoms with E-state index in [9.17, 15) is 9.59 Å². The summed E-state index contributed by atoms with van der Waals surface area (Å²) >= 11 is 3.32. The van der Waals surface area contributed by atoms with Gasteiger partial charge < -0.3 is 5.32 Å². The fourth-order valence-corrected chi connectivity index (χ4v) is 2.34. The van der Waals surface area contributed by atoms with Crippen LogP contribution in [0.2, 0.25) is 0 Å². The highest BCUT2D eigenvalue weighted by atomic mass is 79.9. The van der Waals surface area contributed by atoms with Gasteiger partial charge in [-0.1, -0.05) is 34.1 Å². The van der Waals surface area contributed by atoms with Crippen LogP contribution in [0.1, 0.15) is 35.2 Å². The third-order valence-electron chi connectivity index (χ3n) is 3.25. The number of carbonyl (C=O) groups excluding carboxylic acids is 2. The highest BCUT2D eigenvalue weighted by Crippen LogP contribution is 2.14. The van der Waals surface area contributed by atoms with Crippen molar-refractivity contribution in [1.29, 1.82) is 5.26 Å². The minimum atomic E-state index is -0.163. The number of benzene rings is 2. The topological polar surface area (TPSA) is 70.0 Å². The highest BCUT2D eigenvalue weighted by Gasteiger charge is 2.08. The number of carbonyl (C=O) groups is 2. The second-order valence-electron chi connectivity index (χ2n) is 5.02. The molecule has 2 rings (SSSR count). The Bertz CT molecular complexity index is 748. The molecule has 2 aromatic carbocycles. The maximum absolute atomic E-state index is 12.0. The molecule has 0 bridgehead atoms. The van der Waals surface area contributed by atoms with Crippen LogP contribution >= 0.6 is 15.9 Å². The van der Waals surface area contributed by atoms with Crippen molar-refractivity contribution in [3.05, 3.63) is 64.1 Å². The normalized spacial score (nSPS) is 9.91. The molecule has 0 aliphatic rings. The van der Waals surface area contributed by atoms with E-state index in [2.05, 4.69) is 21.2 Å². The van der Waals surface area contributed by atoms with E-state index in [1.807, 2.05) is 18.2 Å². The van der Waals surface area contributed by atoms with Crippen molar-refractivity contribution in [2.45, 2.75) is 19.3 Å². The first-order valence-electron chi connectivity index (χ1n) is 7.17. The predicted molar refractivity (Wildman–Crippen MR) is 92.1 cm³/mol. The lowest BCUT2D eigenvalue weighted by molar-refractivity contribution is -0.116. The predicted octanol–water partition coefficient (Wildman–Crippen LogP) is 4.31. The average molecular weight is 371 g/mol. The molecule has 0 saturated heterocycles. The molecule has 0 aliphatic heterocycles. The molecular formula is C18H15BrN2O2. The third kappa shape index (κ3) is 5.35. The zero-order valence-electron chi connectivity index (χ0n) is 12.4. The number of ketones is 1. The summed E-state index contributed by atoms with van der Waals surface area (Å²) in [6.45, 7) is 0. The Balaban J connectivity index is 1.79. The smallest absolute Gasteiger partial charge is 0.224 e. The summed E-state index contributed by atoms with van der Waals surface area (Å²) in [5, 5.41) is 11.6. The second kappa shape index (κ2) is 8.25. The molecule has 1 N–H and O–H groups in total. The maximum atomic E-state index is 12.0. The Labute approximate surface area is 143 Å². The fraction of sp³-hybridized carbons (Fsp3) is 0.167.